The Morgan fingerprint density at radius 2 is 1.78 bits per heavy atom. The minimum atomic E-state index is 0.106. The SMILES string of the molecule is Cc1nn(-c2ccc(Cl)cc2)c(C)c1CN(CCO)CCCO. The van der Waals surface area contributed by atoms with Gasteiger partial charge in [0.25, 0.3) is 0 Å². The molecule has 0 aliphatic heterocycles. The second-order valence-corrected chi connectivity index (χ2v) is 6.05. The van der Waals surface area contributed by atoms with Crippen molar-refractivity contribution >= 4 is 11.6 Å². The van der Waals surface area contributed by atoms with Crippen LogP contribution in [-0.4, -0.2) is 51.2 Å². The number of aromatic nitrogens is 2. The normalized spacial score (nSPS) is 11.4. The summed E-state index contributed by atoms with van der Waals surface area (Å²) in [6, 6.07) is 7.60. The molecule has 1 aromatic heterocycles. The fourth-order valence-corrected chi connectivity index (χ4v) is 2.79. The number of hydrogen-bond donors (Lipinski definition) is 2. The number of aliphatic hydroxyl groups is 2. The molecule has 0 unspecified atom stereocenters. The van der Waals surface area contributed by atoms with Crippen molar-refractivity contribution < 1.29 is 10.2 Å². The molecule has 0 saturated carbocycles. The summed E-state index contributed by atoms with van der Waals surface area (Å²) in [5.74, 6) is 0. The molecule has 2 aromatic rings. The fraction of sp³-hybridized carbons (Fsp3) is 0.471. The Hall–Kier alpha value is -1.40. The second kappa shape index (κ2) is 8.45. The first-order valence-electron chi connectivity index (χ1n) is 7.82. The predicted molar refractivity (Wildman–Crippen MR) is 92.1 cm³/mol. The number of halogens is 1. The highest BCUT2D eigenvalue weighted by molar-refractivity contribution is 6.30. The van der Waals surface area contributed by atoms with E-state index in [-0.39, 0.29) is 13.2 Å². The topological polar surface area (TPSA) is 61.5 Å². The van der Waals surface area contributed by atoms with Gasteiger partial charge in [-0.05, 0) is 44.5 Å². The van der Waals surface area contributed by atoms with Gasteiger partial charge in [0.15, 0.2) is 0 Å². The molecule has 1 heterocycles. The van der Waals surface area contributed by atoms with Gasteiger partial charge in [-0.3, -0.25) is 4.90 Å². The van der Waals surface area contributed by atoms with E-state index in [1.807, 2.05) is 42.8 Å². The van der Waals surface area contributed by atoms with Crippen molar-refractivity contribution in [3.05, 3.63) is 46.2 Å². The van der Waals surface area contributed by atoms with Gasteiger partial charge in [-0.15, -0.1) is 0 Å². The predicted octanol–water partition coefficient (Wildman–Crippen LogP) is 2.32. The first kappa shape index (κ1) is 17.9. The van der Waals surface area contributed by atoms with E-state index in [9.17, 15) is 5.11 Å². The monoisotopic (exact) mass is 337 g/mol. The Morgan fingerprint density at radius 3 is 2.39 bits per heavy atom. The standard InChI is InChI=1S/C17H24ClN3O2/c1-13-17(12-20(9-11-23)8-3-10-22)14(2)21(19-13)16-6-4-15(18)5-7-16/h4-7,22-23H,3,8-12H2,1-2H3. The highest BCUT2D eigenvalue weighted by atomic mass is 35.5. The molecular weight excluding hydrogens is 314 g/mol. The average Bonchev–Trinajstić information content (AvgIpc) is 2.81. The number of aliphatic hydroxyl groups excluding tert-OH is 2. The van der Waals surface area contributed by atoms with Gasteiger partial charge >= 0.3 is 0 Å². The van der Waals surface area contributed by atoms with Crippen LogP contribution in [0.4, 0.5) is 0 Å². The molecular formula is C17H24ClN3O2. The summed E-state index contributed by atoms with van der Waals surface area (Å²) in [5, 5.41) is 23.6. The third-order valence-corrected chi connectivity index (χ3v) is 4.19. The fourth-order valence-electron chi connectivity index (χ4n) is 2.67. The number of nitrogens with zero attached hydrogens (tertiary/aromatic N) is 3. The lowest BCUT2D eigenvalue weighted by Gasteiger charge is -2.21. The van der Waals surface area contributed by atoms with Gasteiger partial charge in [0.1, 0.15) is 0 Å². The van der Waals surface area contributed by atoms with E-state index >= 15 is 0 Å². The molecule has 0 aliphatic rings. The van der Waals surface area contributed by atoms with E-state index in [1.165, 1.54) is 0 Å². The van der Waals surface area contributed by atoms with E-state index in [4.69, 9.17) is 16.7 Å². The molecule has 1 aromatic carbocycles. The molecule has 23 heavy (non-hydrogen) atoms. The molecule has 0 atom stereocenters. The molecule has 6 heteroatoms. The maximum Gasteiger partial charge on any atom is 0.0649 e. The zero-order chi connectivity index (χ0) is 16.8. The van der Waals surface area contributed by atoms with Crippen LogP contribution in [0, 0.1) is 13.8 Å². The molecule has 0 radical (unpaired) electrons. The Bertz CT molecular complexity index is 626. The highest BCUT2D eigenvalue weighted by Crippen LogP contribution is 2.21. The maximum atomic E-state index is 9.22. The number of benzene rings is 1. The second-order valence-electron chi connectivity index (χ2n) is 5.61. The van der Waals surface area contributed by atoms with Crippen molar-refractivity contribution in [3.63, 3.8) is 0 Å². The summed E-state index contributed by atoms with van der Waals surface area (Å²) in [6.07, 6.45) is 0.698. The Morgan fingerprint density at radius 1 is 1.09 bits per heavy atom. The molecule has 2 rings (SSSR count). The first-order valence-corrected chi connectivity index (χ1v) is 8.19. The molecule has 2 N–H and O–H groups in total. The van der Waals surface area contributed by atoms with Crippen molar-refractivity contribution in [2.75, 3.05) is 26.3 Å². The zero-order valence-electron chi connectivity index (χ0n) is 13.7. The molecule has 0 aliphatic carbocycles. The van der Waals surface area contributed by atoms with Crippen LogP contribution in [0.15, 0.2) is 24.3 Å². The van der Waals surface area contributed by atoms with Gasteiger partial charge in [0.05, 0.1) is 18.0 Å². The molecule has 5 nitrogen and oxygen atoms in total. The summed E-state index contributed by atoms with van der Waals surface area (Å²) >= 11 is 5.95. The van der Waals surface area contributed by atoms with Gasteiger partial charge in [-0.25, -0.2) is 4.68 Å². The molecule has 0 saturated heterocycles. The molecule has 0 fully saturated rings. The van der Waals surface area contributed by atoms with Crippen molar-refractivity contribution in [2.45, 2.75) is 26.8 Å². The van der Waals surface area contributed by atoms with E-state index in [1.54, 1.807) is 0 Å². The number of aryl methyl sites for hydroxylation is 1. The van der Waals surface area contributed by atoms with Crippen LogP contribution in [0.3, 0.4) is 0 Å². The Labute approximate surface area is 142 Å². The minimum Gasteiger partial charge on any atom is -0.396 e. The largest absolute Gasteiger partial charge is 0.396 e. The summed E-state index contributed by atoms with van der Waals surface area (Å²) in [5.41, 5.74) is 4.19. The van der Waals surface area contributed by atoms with Crippen molar-refractivity contribution in [1.82, 2.24) is 14.7 Å². The lowest BCUT2D eigenvalue weighted by Crippen LogP contribution is -2.28. The van der Waals surface area contributed by atoms with Gasteiger partial charge in [-0.2, -0.15) is 5.10 Å². The van der Waals surface area contributed by atoms with Crippen LogP contribution >= 0.6 is 11.6 Å². The van der Waals surface area contributed by atoms with Crippen LogP contribution in [0.5, 0.6) is 0 Å². The number of rotatable bonds is 8. The van der Waals surface area contributed by atoms with Crippen LogP contribution in [-0.2, 0) is 6.54 Å². The smallest absolute Gasteiger partial charge is 0.0649 e. The summed E-state index contributed by atoms with van der Waals surface area (Å²) < 4.78 is 1.92. The molecule has 0 bridgehead atoms. The van der Waals surface area contributed by atoms with Crippen molar-refractivity contribution in [1.29, 1.82) is 0 Å². The van der Waals surface area contributed by atoms with Crippen LogP contribution in [0.2, 0.25) is 5.02 Å². The highest BCUT2D eigenvalue weighted by Gasteiger charge is 2.16. The average molecular weight is 338 g/mol. The summed E-state index contributed by atoms with van der Waals surface area (Å²) in [7, 11) is 0. The third-order valence-electron chi connectivity index (χ3n) is 3.94. The van der Waals surface area contributed by atoms with Crippen LogP contribution in [0.1, 0.15) is 23.4 Å². The van der Waals surface area contributed by atoms with E-state index in [2.05, 4.69) is 10.00 Å². The number of hydrogen-bond acceptors (Lipinski definition) is 4. The molecule has 126 valence electrons. The Kier molecular flexibility index (Phi) is 6.59. The summed E-state index contributed by atoms with van der Waals surface area (Å²) in [6.45, 7) is 6.36. The molecule has 0 amide bonds. The maximum absolute atomic E-state index is 9.22. The quantitative estimate of drug-likeness (QED) is 0.776. The van der Waals surface area contributed by atoms with Crippen LogP contribution in [0.25, 0.3) is 5.69 Å². The zero-order valence-corrected chi connectivity index (χ0v) is 14.4. The molecule has 0 spiro atoms. The van der Waals surface area contributed by atoms with E-state index in [0.29, 0.717) is 24.5 Å². The summed E-state index contributed by atoms with van der Waals surface area (Å²) in [4.78, 5) is 2.14. The minimum absolute atomic E-state index is 0.106. The third kappa shape index (κ3) is 4.54. The van der Waals surface area contributed by atoms with Gasteiger partial charge in [0.2, 0.25) is 0 Å². The van der Waals surface area contributed by atoms with E-state index < -0.39 is 0 Å². The lowest BCUT2D eigenvalue weighted by molar-refractivity contribution is 0.174. The van der Waals surface area contributed by atoms with E-state index in [0.717, 1.165) is 29.2 Å². The van der Waals surface area contributed by atoms with Crippen LogP contribution < -0.4 is 0 Å². The Balaban J connectivity index is 2.24. The lowest BCUT2D eigenvalue weighted by atomic mass is 10.1. The van der Waals surface area contributed by atoms with Gasteiger partial charge in [-0.1, -0.05) is 11.6 Å². The van der Waals surface area contributed by atoms with Crippen molar-refractivity contribution in [2.24, 2.45) is 0 Å². The van der Waals surface area contributed by atoms with Crippen molar-refractivity contribution in [3.8, 4) is 5.69 Å². The van der Waals surface area contributed by atoms with Gasteiger partial charge in [0, 0.05) is 42.5 Å². The van der Waals surface area contributed by atoms with Gasteiger partial charge < -0.3 is 10.2 Å². The first-order chi connectivity index (χ1) is 11.1.